The fourth-order valence-electron chi connectivity index (χ4n) is 4.76. The van der Waals surface area contributed by atoms with Crippen LogP contribution in [-0.2, 0) is 21.5 Å². The Morgan fingerprint density at radius 3 is 2.38 bits per heavy atom. The van der Waals surface area contributed by atoms with Crippen LogP contribution < -0.4 is 9.64 Å². The minimum Gasteiger partial charge on any atom is -0.503 e. The largest absolute Gasteiger partial charge is 0.503 e. The summed E-state index contributed by atoms with van der Waals surface area (Å²) < 4.78 is 5.50. The second-order valence-electron chi connectivity index (χ2n) is 7.66. The number of methoxy groups -OCH3 is 1. The van der Waals surface area contributed by atoms with Crippen LogP contribution in [0.2, 0.25) is 10.0 Å². The lowest BCUT2D eigenvalue weighted by atomic mass is 9.79. The highest BCUT2D eigenvalue weighted by molar-refractivity contribution is 6.32. The fourth-order valence-corrected chi connectivity index (χ4v) is 5.12. The molecule has 0 fully saturated rings. The summed E-state index contributed by atoms with van der Waals surface area (Å²) in [4.78, 5) is 28.8. The smallest absolute Gasteiger partial charge is 0.295 e. The van der Waals surface area contributed by atoms with Gasteiger partial charge in [-0.2, -0.15) is 0 Å². The van der Waals surface area contributed by atoms with Gasteiger partial charge in [0, 0.05) is 22.0 Å². The summed E-state index contributed by atoms with van der Waals surface area (Å²) in [6.45, 7) is 0. The molecule has 32 heavy (non-hydrogen) atoms. The zero-order valence-electron chi connectivity index (χ0n) is 16.9. The van der Waals surface area contributed by atoms with E-state index in [-0.39, 0.29) is 17.8 Å². The number of fused-ring (bicyclic) bond motifs is 2. The van der Waals surface area contributed by atoms with Gasteiger partial charge in [-0.25, -0.2) is 0 Å². The molecule has 1 unspecified atom stereocenters. The Bertz CT molecular complexity index is 1320. The predicted molar refractivity (Wildman–Crippen MR) is 123 cm³/mol. The van der Waals surface area contributed by atoms with Crippen molar-refractivity contribution in [1.29, 1.82) is 0 Å². The minimum absolute atomic E-state index is 0.0617. The van der Waals surface area contributed by atoms with Crippen LogP contribution in [0.5, 0.6) is 5.75 Å². The average molecular weight is 466 g/mol. The number of anilines is 1. The normalized spacial score (nSPS) is 19.8. The van der Waals surface area contributed by atoms with Gasteiger partial charge in [0.15, 0.2) is 17.1 Å². The third-order valence-corrected chi connectivity index (χ3v) is 6.47. The van der Waals surface area contributed by atoms with Gasteiger partial charge >= 0.3 is 0 Å². The number of rotatable bonds is 3. The topological polar surface area (TPSA) is 66.8 Å². The highest BCUT2D eigenvalue weighted by Gasteiger charge is 2.62. The molecule has 1 N–H and O–H groups in total. The number of aliphatic hydroxyl groups is 1. The van der Waals surface area contributed by atoms with Crippen LogP contribution in [0.3, 0.4) is 0 Å². The Morgan fingerprint density at radius 2 is 1.66 bits per heavy atom. The zero-order valence-corrected chi connectivity index (χ0v) is 18.4. The van der Waals surface area contributed by atoms with Gasteiger partial charge in [0.25, 0.3) is 5.91 Å². The quantitative estimate of drug-likeness (QED) is 0.566. The maximum atomic E-state index is 13.9. The standard InChI is InChI=1S/C25H17Cl2NO4/c1-32-20-10-8-17(27)13-19(20)28-24(31)23(30)22(14-5-3-2-4-6-14)25(28)18-9-7-16(26)11-15(18)12-21(25)29/h2-11,13,30H,12H2,1H3. The van der Waals surface area contributed by atoms with E-state index in [1.54, 1.807) is 60.7 Å². The Balaban J connectivity index is 1.89. The SMILES string of the molecule is COc1ccc(Cl)cc1N1C(=O)C(O)=C(c2ccccc2)C12C(=O)Cc1cc(Cl)ccc12. The minimum atomic E-state index is -1.58. The first-order valence-electron chi connectivity index (χ1n) is 9.89. The van der Waals surface area contributed by atoms with Gasteiger partial charge in [-0.15, -0.1) is 0 Å². The molecule has 1 aliphatic carbocycles. The van der Waals surface area contributed by atoms with Gasteiger partial charge in [0.1, 0.15) is 5.75 Å². The Kier molecular flexibility index (Phi) is 4.77. The van der Waals surface area contributed by atoms with Gasteiger partial charge in [0.2, 0.25) is 0 Å². The predicted octanol–water partition coefficient (Wildman–Crippen LogP) is 5.34. The third-order valence-electron chi connectivity index (χ3n) is 6.00. The lowest BCUT2D eigenvalue weighted by Crippen LogP contribution is -2.49. The first kappa shape index (κ1) is 20.6. The second kappa shape index (κ2) is 7.40. The summed E-state index contributed by atoms with van der Waals surface area (Å²) in [5, 5.41) is 12.0. The molecule has 1 amide bonds. The molecule has 0 bridgehead atoms. The van der Waals surface area contributed by atoms with E-state index in [0.29, 0.717) is 38.2 Å². The number of halogens is 2. The number of Topliss-reactive ketones (excluding diaryl/α,β-unsaturated/α-hetero) is 1. The summed E-state index contributed by atoms with van der Waals surface area (Å²) in [5.74, 6) is -1.11. The van der Waals surface area contributed by atoms with Crippen molar-refractivity contribution in [2.75, 3.05) is 12.0 Å². The van der Waals surface area contributed by atoms with Crippen molar-refractivity contribution >= 4 is 46.2 Å². The van der Waals surface area contributed by atoms with Gasteiger partial charge < -0.3 is 9.84 Å². The highest BCUT2D eigenvalue weighted by Crippen LogP contribution is 2.56. The van der Waals surface area contributed by atoms with E-state index in [2.05, 4.69) is 0 Å². The number of hydrogen-bond acceptors (Lipinski definition) is 4. The van der Waals surface area contributed by atoms with E-state index in [1.807, 2.05) is 6.07 Å². The van der Waals surface area contributed by atoms with Gasteiger partial charge in [-0.3, -0.25) is 14.5 Å². The number of nitrogens with zero attached hydrogens (tertiary/aromatic N) is 1. The molecule has 0 aromatic heterocycles. The van der Waals surface area contributed by atoms with Crippen molar-refractivity contribution in [2.45, 2.75) is 12.0 Å². The molecule has 1 spiro atoms. The fraction of sp³-hybridized carbons (Fsp3) is 0.120. The van der Waals surface area contributed by atoms with E-state index >= 15 is 0 Å². The second-order valence-corrected chi connectivity index (χ2v) is 8.53. The molecule has 0 radical (unpaired) electrons. The molecule has 1 heterocycles. The van der Waals surface area contributed by atoms with Crippen LogP contribution in [0.15, 0.2) is 72.5 Å². The van der Waals surface area contributed by atoms with Crippen molar-refractivity contribution in [3.8, 4) is 5.75 Å². The number of amides is 1. The van der Waals surface area contributed by atoms with Crippen LogP contribution in [-0.4, -0.2) is 23.9 Å². The number of ether oxygens (including phenoxy) is 1. The first-order chi connectivity index (χ1) is 15.4. The lowest BCUT2D eigenvalue weighted by Gasteiger charge is -2.37. The third kappa shape index (κ3) is 2.71. The molecule has 7 heteroatoms. The van der Waals surface area contributed by atoms with Gasteiger partial charge in [0.05, 0.1) is 12.8 Å². The molecule has 3 aromatic carbocycles. The first-order valence-corrected chi connectivity index (χ1v) is 10.6. The Morgan fingerprint density at radius 1 is 0.969 bits per heavy atom. The Hall–Kier alpha value is -3.28. The summed E-state index contributed by atoms with van der Waals surface area (Å²) in [6.07, 6.45) is 0.0617. The van der Waals surface area contributed by atoms with E-state index in [0.717, 1.165) is 0 Å². The van der Waals surface area contributed by atoms with Crippen LogP contribution in [0.25, 0.3) is 5.57 Å². The van der Waals surface area contributed by atoms with Crippen LogP contribution in [0.1, 0.15) is 16.7 Å². The average Bonchev–Trinajstić information content (AvgIpc) is 3.19. The monoisotopic (exact) mass is 465 g/mol. The van der Waals surface area contributed by atoms with Gasteiger partial charge in [-0.1, -0.05) is 59.6 Å². The van der Waals surface area contributed by atoms with E-state index in [1.165, 1.54) is 12.0 Å². The van der Waals surface area contributed by atoms with Crippen molar-refractivity contribution in [1.82, 2.24) is 0 Å². The molecule has 1 aliphatic heterocycles. The number of ketones is 1. The molecule has 5 nitrogen and oxygen atoms in total. The molecule has 160 valence electrons. The molecule has 2 aliphatic rings. The summed E-state index contributed by atoms with van der Waals surface area (Å²) in [5.41, 5.74) is 0.794. The van der Waals surface area contributed by atoms with Crippen molar-refractivity contribution in [3.63, 3.8) is 0 Å². The van der Waals surface area contributed by atoms with E-state index < -0.39 is 17.2 Å². The van der Waals surface area contributed by atoms with Crippen molar-refractivity contribution in [2.24, 2.45) is 0 Å². The van der Waals surface area contributed by atoms with Gasteiger partial charge in [-0.05, 0) is 47.0 Å². The molecular formula is C25H17Cl2NO4. The number of carbonyl (C=O) groups is 2. The highest BCUT2D eigenvalue weighted by atomic mass is 35.5. The van der Waals surface area contributed by atoms with Crippen molar-refractivity contribution < 1.29 is 19.4 Å². The molecule has 1 atom stereocenters. The van der Waals surface area contributed by atoms with Crippen molar-refractivity contribution in [3.05, 3.63) is 99.2 Å². The van der Waals surface area contributed by atoms with E-state index in [4.69, 9.17) is 27.9 Å². The molecule has 0 saturated heterocycles. The number of hydrogen-bond donors (Lipinski definition) is 1. The number of aliphatic hydroxyl groups excluding tert-OH is 1. The molecule has 0 saturated carbocycles. The number of benzene rings is 3. The maximum absolute atomic E-state index is 13.9. The van der Waals surface area contributed by atoms with Crippen LogP contribution >= 0.6 is 23.2 Å². The summed E-state index contributed by atoms with van der Waals surface area (Å²) in [6, 6.07) is 18.9. The molecule has 5 rings (SSSR count). The lowest BCUT2D eigenvalue weighted by molar-refractivity contribution is -0.124. The van der Waals surface area contributed by atoms with E-state index in [9.17, 15) is 14.7 Å². The molecular weight excluding hydrogens is 449 g/mol. The van der Waals surface area contributed by atoms with Crippen LogP contribution in [0, 0.1) is 0 Å². The zero-order chi connectivity index (χ0) is 22.6. The molecule has 3 aromatic rings. The summed E-state index contributed by atoms with van der Waals surface area (Å²) in [7, 11) is 1.47. The summed E-state index contributed by atoms with van der Waals surface area (Å²) >= 11 is 12.5. The Labute approximate surface area is 194 Å². The number of carbonyl (C=O) groups excluding carboxylic acids is 2. The van der Waals surface area contributed by atoms with Crippen LogP contribution in [0.4, 0.5) is 5.69 Å². The maximum Gasteiger partial charge on any atom is 0.295 e.